The van der Waals surface area contributed by atoms with Crippen molar-refractivity contribution < 1.29 is 19.1 Å². The molecule has 1 amide bonds. The van der Waals surface area contributed by atoms with Crippen LogP contribution in [0.25, 0.3) is 0 Å². The maximum absolute atomic E-state index is 11.7. The zero-order chi connectivity index (χ0) is 13.7. The Morgan fingerprint density at radius 2 is 2.11 bits per heavy atom. The molecule has 0 radical (unpaired) electrons. The van der Waals surface area contributed by atoms with Gasteiger partial charge in [-0.1, -0.05) is 5.21 Å². The maximum atomic E-state index is 11.7. The Morgan fingerprint density at radius 1 is 1.44 bits per heavy atom. The van der Waals surface area contributed by atoms with Gasteiger partial charge in [0, 0.05) is 7.11 Å². The van der Waals surface area contributed by atoms with Crippen molar-refractivity contribution in [2.75, 3.05) is 20.3 Å². The number of nitrogens with zero attached hydrogens (tertiary/aromatic N) is 3. The molecule has 0 spiro atoms. The summed E-state index contributed by atoms with van der Waals surface area (Å²) in [5, 5.41) is 7.34. The standard InChI is InChI=1S/C10H16N4O4/c1-6-8(9(11)15)12-13-14(6)7(2)10(16)18-5-4-17-3/h7H,4-5H2,1-3H3,(H2,11,15). The van der Waals surface area contributed by atoms with E-state index in [2.05, 4.69) is 10.3 Å². The van der Waals surface area contributed by atoms with E-state index in [0.717, 1.165) is 0 Å². The van der Waals surface area contributed by atoms with E-state index in [1.807, 2.05) is 0 Å². The highest BCUT2D eigenvalue weighted by molar-refractivity contribution is 5.91. The minimum atomic E-state index is -0.682. The summed E-state index contributed by atoms with van der Waals surface area (Å²) in [6.07, 6.45) is 0. The molecule has 0 fully saturated rings. The Kier molecular flexibility index (Phi) is 4.78. The van der Waals surface area contributed by atoms with Crippen molar-refractivity contribution in [2.24, 2.45) is 5.73 Å². The zero-order valence-electron chi connectivity index (χ0n) is 10.5. The number of aromatic nitrogens is 3. The number of methoxy groups -OCH3 is 1. The second-order valence-corrected chi connectivity index (χ2v) is 3.67. The van der Waals surface area contributed by atoms with Gasteiger partial charge in [0.1, 0.15) is 12.6 Å². The highest BCUT2D eigenvalue weighted by Gasteiger charge is 2.23. The Morgan fingerprint density at radius 3 is 2.61 bits per heavy atom. The smallest absolute Gasteiger partial charge is 0.330 e. The van der Waals surface area contributed by atoms with Gasteiger partial charge in [0.15, 0.2) is 5.69 Å². The number of nitrogens with two attached hydrogens (primary N) is 1. The second-order valence-electron chi connectivity index (χ2n) is 3.67. The molecule has 1 rings (SSSR count). The largest absolute Gasteiger partial charge is 0.462 e. The first-order valence-electron chi connectivity index (χ1n) is 5.36. The number of primary amides is 1. The minimum absolute atomic E-state index is 0.0477. The SMILES string of the molecule is COCCOC(=O)C(C)n1nnc(C(N)=O)c1C. The molecule has 2 N–H and O–H groups in total. The first kappa shape index (κ1) is 14.1. The Bertz CT molecular complexity index is 443. The van der Waals surface area contributed by atoms with Crippen LogP contribution < -0.4 is 5.73 Å². The monoisotopic (exact) mass is 256 g/mol. The van der Waals surface area contributed by atoms with Crippen LogP contribution in [0.15, 0.2) is 0 Å². The van der Waals surface area contributed by atoms with Crippen molar-refractivity contribution in [3.8, 4) is 0 Å². The predicted octanol–water partition coefficient (Wildman–Crippen LogP) is -0.564. The molecular formula is C10H16N4O4. The molecule has 1 atom stereocenters. The number of hydrogen-bond donors (Lipinski definition) is 1. The quantitative estimate of drug-likeness (QED) is 0.539. The summed E-state index contributed by atoms with van der Waals surface area (Å²) in [4.78, 5) is 22.7. The summed E-state index contributed by atoms with van der Waals surface area (Å²) in [6.45, 7) is 3.69. The number of esters is 1. The lowest BCUT2D eigenvalue weighted by atomic mass is 10.3. The Labute approximate surface area is 104 Å². The molecule has 0 aromatic carbocycles. The van der Waals surface area contributed by atoms with E-state index >= 15 is 0 Å². The van der Waals surface area contributed by atoms with Crippen LogP contribution in [-0.4, -0.2) is 47.2 Å². The molecule has 0 saturated carbocycles. The third-order valence-electron chi connectivity index (χ3n) is 2.40. The molecule has 1 aromatic heterocycles. The van der Waals surface area contributed by atoms with Crippen molar-refractivity contribution in [1.29, 1.82) is 0 Å². The van der Waals surface area contributed by atoms with Crippen molar-refractivity contribution in [3.63, 3.8) is 0 Å². The number of carbonyl (C=O) groups is 2. The number of hydrogen-bond acceptors (Lipinski definition) is 6. The van der Waals surface area contributed by atoms with Gasteiger partial charge in [-0.05, 0) is 13.8 Å². The lowest BCUT2D eigenvalue weighted by molar-refractivity contribution is -0.148. The van der Waals surface area contributed by atoms with E-state index in [1.54, 1.807) is 13.8 Å². The van der Waals surface area contributed by atoms with E-state index < -0.39 is 17.9 Å². The van der Waals surface area contributed by atoms with E-state index in [1.165, 1.54) is 11.8 Å². The lowest BCUT2D eigenvalue weighted by Gasteiger charge is -2.12. The lowest BCUT2D eigenvalue weighted by Crippen LogP contribution is -2.23. The Balaban J connectivity index is 2.75. The van der Waals surface area contributed by atoms with Crippen LogP contribution in [0.4, 0.5) is 0 Å². The van der Waals surface area contributed by atoms with Crippen molar-refractivity contribution >= 4 is 11.9 Å². The molecule has 8 heteroatoms. The van der Waals surface area contributed by atoms with Crippen molar-refractivity contribution in [1.82, 2.24) is 15.0 Å². The molecule has 8 nitrogen and oxygen atoms in total. The fourth-order valence-electron chi connectivity index (χ4n) is 1.38. The van der Waals surface area contributed by atoms with Crippen LogP contribution in [0.1, 0.15) is 29.1 Å². The van der Waals surface area contributed by atoms with Crippen LogP contribution in [0.3, 0.4) is 0 Å². The van der Waals surface area contributed by atoms with E-state index in [4.69, 9.17) is 15.2 Å². The van der Waals surface area contributed by atoms with Gasteiger partial charge in [0.05, 0.1) is 12.3 Å². The zero-order valence-corrected chi connectivity index (χ0v) is 10.5. The molecule has 0 saturated heterocycles. The van der Waals surface area contributed by atoms with Crippen LogP contribution in [0, 0.1) is 6.92 Å². The van der Waals surface area contributed by atoms with Gasteiger partial charge in [-0.25, -0.2) is 9.48 Å². The van der Waals surface area contributed by atoms with Gasteiger partial charge >= 0.3 is 5.97 Å². The number of ether oxygens (including phenoxy) is 2. The fraction of sp³-hybridized carbons (Fsp3) is 0.600. The summed E-state index contributed by atoms with van der Waals surface area (Å²) < 4.78 is 11.0. The molecule has 1 aromatic rings. The summed E-state index contributed by atoms with van der Waals surface area (Å²) in [7, 11) is 1.51. The van der Waals surface area contributed by atoms with Gasteiger partial charge < -0.3 is 15.2 Å². The van der Waals surface area contributed by atoms with Crippen LogP contribution in [0.2, 0.25) is 0 Å². The molecule has 100 valence electrons. The topological polar surface area (TPSA) is 109 Å². The number of carbonyl (C=O) groups excluding carboxylic acids is 2. The molecule has 0 aliphatic heterocycles. The van der Waals surface area contributed by atoms with Crippen LogP contribution >= 0.6 is 0 Å². The Hall–Kier alpha value is -1.96. The third kappa shape index (κ3) is 3.04. The number of rotatable bonds is 6. The summed E-state index contributed by atoms with van der Waals surface area (Å²) in [6, 6.07) is -0.678. The van der Waals surface area contributed by atoms with Crippen molar-refractivity contribution in [3.05, 3.63) is 11.4 Å². The fourth-order valence-corrected chi connectivity index (χ4v) is 1.38. The minimum Gasteiger partial charge on any atom is -0.462 e. The molecule has 0 bridgehead atoms. The van der Waals surface area contributed by atoms with Crippen LogP contribution in [0.5, 0.6) is 0 Å². The van der Waals surface area contributed by atoms with Gasteiger partial charge in [-0.15, -0.1) is 5.10 Å². The third-order valence-corrected chi connectivity index (χ3v) is 2.40. The highest BCUT2D eigenvalue weighted by atomic mass is 16.6. The van der Waals surface area contributed by atoms with E-state index in [9.17, 15) is 9.59 Å². The molecular weight excluding hydrogens is 240 g/mol. The maximum Gasteiger partial charge on any atom is 0.330 e. The average molecular weight is 256 g/mol. The van der Waals surface area contributed by atoms with Crippen LogP contribution in [-0.2, 0) is 14.3 Å². The second kappa shape index (κ2) is 6.10. The molecule has 0 aliphatic carbocycles. The van der Waals surface area contributed by atoms with Gasteiger partial charge in [-0.3, -0.25) is 4.79 Å². The first-order chi connectivity index (χ1) is 8.49. The summed E-state index contributed by atoms with van der Waals surface area (Å²) in [5.74, 6) is -1.16. The van der Waals surface area contributed by atoms with Gasteiger partial charge in [-0.2, -0.15) is 0 Å². The van der Waals surface area contributed by atoms with Crippen molar-refractivity contribution in [2.45, 2.75) is 19.9 Å². The molecule has 0 aliphatic rings. The van der Waals surface area contributed by atoms with E-state index in [-0.39, 0.29) is 12.3 Å². The normalized spacial score (nSPS) is 12.2. The summed E-state index contributed by atoms with van der Waals surface area (Å²) in [5.41, 5.74) is 5.59. The molecule has 1 unspecified atom stereocenters. The van der Waals surface area contributed by atoms with Gasteiger partial charge in [0.2, 0.25) is 0 Å². The van der Waals surface area contributed by atoms with Gasteiger partial charge in [0.25, 0.3) is 5.91 Å². The van der Waals surface area contributed by atoms with E-state index in [0.29, 0.717) is 12.3 Å². The predicted molar refractivity (Wildman–Crippen MR) is 60.8 cm³/mol. The molecule has 18 heavy (non-hydrogen) atoms. The summed E-state index contributed by atoms with van der Waals surface area (Å²) >= 11 is 0. The number of amides is 1. The first-order valence-corrected chi connectivity index (χ1v) is 5.36. The molecule has 1 heterocycles. The highest BCUT2D eigenvalue weighted by Crippen LogP contribution is 2.12. The average Bonchev–Trinajstić information content (AvgIpc) is 2.70.